The summed E-state index contributed by atoms with van der Waals surface area (Å²) < 4.78 is 6.05. The summed E-state index contributed by atoms with van der Waals surface area (Å²) in [4.78, 5) is 12.6. The van der Waals surface area contributed by atoms with Gasteiger partial charge in [-0.3, -0.25) is 10.1 Å². The molecule has 0 unspecified atom stereocenters. The highest BCUT2D eigenvalue weighted by molar-refractivity contribution is 6.32. The highest BCUT2D eigenvalue weighted by Gasteiger charge is 2.35. The molecule has 0 spiro atoms. The van der Waals surface area contributed by atoms with Crippen molar-refractivity contribution in [1.29, 1.82) is 0 Å². The molecular weight excluding hydrogens is 352 g/mol. The van der Waals surface area contributed by atoms with Gasteiger partial charge in [0.05, 0.1) is 9.95 Å². The first kappa shape index (κ1) is 18.1. The fourth-order valence-electron chi connectivity index (χ4n) is 3.12. The Labute approximate surface area is 157 Å². The zero-order chi connectivity index (χ0) is 18.7. The van der Waals surface area contributed by atoms with E-state index in [-0.39, 0.29) is 10.7 Å². The molecule has 6 heteroatoms. The number of terminal acetylenes is 1. The average Bonchev–Trinajstić information content (AvgIpc) is 2.64. The molecule has 1 aliphatic heterocycles. The van der Waals surface area contributed by atoms with Gasteiger partial charge in [0.15, 0.2) is 5.60 Å². The number of non-ortho nitro benzene ring substituents is 1. The molecule has 2 aromatic carbocycles. The van der Waals surface area contributed by atoms with Crippen LogP contribution in [0.25, 0.3) is 0 Å². The van der Waals surface area contributed by atoms with Crippen molar-refractivity contribution >= 4 is 23.0 Å². The Balaban J connectivity index is 1.74. The summed E-state index contributed by atoms with van der Waals surface area (Å²) in [6.45, 7) is 3.59. The van der Waals surface area contributed by atoms with Crippen LogP contribution in [0.4, 0.5) is 11.4 Å². The van der Waals surface area contributed by atoms with Gasteiger partial charge in [0.25, 0.3) is 5.69 Å². The third-order valence-electron chi connectivity index (χ3n) is 4.63. The van der Waals surface area contributed by atoms with Crippen molar-refractivity contribution in [2.75, 3.05) is 18.0 Å². The number of nitrogens with zero attached hydrogens (tertiary/aromatic N) is 2. The van der Waals surface area contributed by atoms with Crippen LogP contribution in [0.3, 0.4) is 0 Å². The largest absolute Gasteiger partial charge is 0.473 e. The molecule has 0 N–H and O–H groups in total. The van der Waals surface area contributed by atoms with Gasteiger partial charge in [0, 0.05) is 43.8 Å². The zero-order valence-electron chi connectivity index (χ0n) is 14.4. The Morgan fingerprint density at radius 2 is 2.00 bits per heavy atom. The Morgan fingerprint density at radius 3 is 2.58 bits per heavy atom. The summed E-state index contributed by atoms with van der Waals surface area (Å²) in [6.07, 6.45) is 7.06. The molecule has 26 heavy (non-hydrogen) atoms. The second-order valence-electron chi connectivity index (χ2n) is 6.44. The van der Waals surface area contributed by atoms with Crippen molar-refractivity contribution < 1.29 is 9.66 Å². The van der Waals surface area contributed by atoms with E-state index in [0.29, 0.717) is 18.6 Å². The average molecular weight is 371 g/mol. The molecule has 0 aliphatic carbocycles. The van der Waals surface area contributed by atoms with Crippen LogP contribution < -0.4 is 9.64 Å². The Kier molecular flexibility index (Phi) is 5.06. The maximum atomic E-state index is 10.8. The van der Waals surface area contributed by atoms with Crippen LogP contribution in [0.1, 0.15) is 18.4 Å². The highest BCUT2D eigenvalue weighted by Crippen LogP contribution is 2.35. The maximum absolute atomic E-state index is 10.8. The van der Waals surface area contributed by atoms with Crippen molar-refractivity contribution in [3.05, 3.63) is 63.2 Å². The molecule has 3 rings (SSSR count). The number of hydrogen-bond donors (Lipinski definition) is 0. The predicted molar refractivity (Wildman–Crippen MR) is 103 cm³/mol. The number of rotatable bonds is 4. The van der Waals surface area contributed by atoms with Gasteiger partial charge in [-0.25, -0.2) is 0 Å². The number of hydrogen-bond acceptors (Lipinski definition) is 4. The maximum Gasteiger partial charge on any atom is 0.271 e. The van der Waals surface area contributed by atoms with Crippen molar-refractivity contribution in [3.63, 3.8) is 0 Å². The fourth-order valence-corrected chi connectivity index (χ4v) is 3.34. The SMILES string of the molecule is C#CC1(Oc2ccc([N+](=O)[O-])cc2Cl)CCN(c2cccc(C)c2)CC1. The summed E-state index contributed by atoms with van der Waals surface area (Å²) in [7, 11) is 0. The third kappa shape index (κ3) is 3.76. The summed E-state index contributed by atoms with van der Waals surface area (Å²) >= 11 is 6.15. The Bertz CT molecular complexity index is 868. The van der Waals surface area contributed by atoms with E-state index in [2.05, 4.69) is 35.9 Å². The number of piperidine rings is 1. The van der Waals surface area contributed by atoms with Crippen molar-refractivity contribution in [1.82, 2.24) is 0 Å². The van der Waals surface area contributed by atoms with Gasteiger partial charge in [-0.2, -0.15) is 0 Å². The molecule has 1 saturated heterocycles. The standard InChI is InChI=1S/C20H19ClN2O3/c1-3-20(26-19-8-7-17(23(24)25)14-18(19)21)9-11-22(12-10-20)16-6-4-5-15(2)13-16/h1,4-8,13-14H,9-12H2,2H3. The first-order valence-corrected chi connectivity index (χ1v) is 8.73. The first-order valence-electron chi connectivity index (χ1n) is 8.35. The van der Waals surface area contributed by atoms with Crippen LogP contribution in [0, 0.1) is 29.4 Å². The summed E-state index contributed by atoms with van der Waals surface area (Å²) in [5.41, 5.74) is 1.54. The molecule has 0 saturated carbocycles. The van der Waals surface area contributed by atoms with Gasteiger partial charge in [-0.15, -0.1) is 6.42 Å². The quantitative estimate of drug-likeness (QED) is 0.448. The van der Waals surface area contributed by atoms with Crippen LogP contribution >= 0.6 is 11.6 Å². The van der Waals surface area contributed by atoms with E-state index >= 15 is 0 Å². The van der Waals surface area contributed by atoms with E-state index in [0.717, 1.165) is 13.1 Å². The highest BCUT2D eigenvalue weighted by atomic mass is 35.5. The molecule has 0 radical (unpaired) electrons. The second kappa shape index (κ2) is 7.27. The molecule has 2 aromatic rings. The topological polar surface area (TPSA) is 55.6 Å². The molecule has 0 atom stereocenters. The number of ether oxygens (including phenoxy) is 1. The van der Waals surface area contributed by atoms with Gasteiger partial charge >= 0.3 is 0 Å². The number of aryl methyl sites for hydroxylation is 1. The first-order chi connectivity index (χ1) is 12.4. The minimum atomic E-state index is -0.764. The van der Waals surface area contributed by atoms with Gasteiger partial charge in [0.1, 0.15) is 5.75 Å². The van der Waals surface area contributed by atoms with E-state index in [1.165, 1.54) is 29.4 Å². The molecule has 5 nitrogen and oxygen atoms in total. The molecule has 1 fully saturated rings. The monoisotopic (exact) mass is 370 g/mol. The molecule has 134 valence electrons. The van der Waals surface area contributed by atoms with Crippen LogP contribution in [0.2, 0.25) is 5.02 Å². The molecule has 0 amide bonds. The minimum absolute atomic E-state index is 0.0774. The van der Waals surface area contributed by atoms with E-state index in [1.807, 2.05) is 6.07 Å². The molecular formula is C20H19ClN2O3. The smallest absolute Gasteiger partial charge is 0.271 e. The lowest BCUT2D eigenvalue weighted by atomic mass is 9.91. The Hall–Kier alpha value is -2.71. The summed E-state index contributed by atoms with van der Waals surface area (Å²) in [5.74, 6) is 3.15. The van der Waals surface area contributed by atoms with E-state index in [9.17, 15) is 10.1 Å². The van der Waals surface area contributed by atoms with Crippen LogP contribution in [0.5, 0.6) is 5.75 Å². The van der Waals surface area contributed by atoms with Crippen molar-refractivity contribution in [2.45, 2.75) is 25.4 Å². The summed E-state index contributed by atoms with van der Waals surface area (Å²) in [5, 5.41) is 11.0. The second-order valence-corrected chi connectivity index (χ2v) is 6.85. The number of halogens is 1. The molecule has 0 bridgehead atoms. The van der Waals surface area contributed by atoms with Gasteiger partial charge in [-0.1, -0.05) is 29.7 Å². The third-order valence-corrected chi connectivity index (χ3v) is 4.93. The molecule has 1 aliphatic rings. The number of benzene rings is 2. The predicted octanol–water partition coefficient (Wildman–Crippen LogP) is 4.61. The lowest BCUT2D eigenvalue weighted by molar-refractivity contribution is -0.384. The van der Waals surface area contributed by atoms with Gasteiger partial charge in [-0.05, 0) is 30.7 Å². The van der Waals surface area contributed by atoms with E-state index < -0.39 is 10.5 Å². The minimum Gasteiger partial charge on any atom is -0.473 e. The lowest BCUT2D eigenvalue weighted by Crippen LogP contribution is -2.47. The van der Waals surface area contributed by atoms with Crippen molar-refractivity contribution in [2.24, 2.45) is 0 Å². The van der Waals surface area contributed by atoms with E-state index in [1.54, 1.807) is 0 Å². The molecule has 1 heterocycles. The van der Waals surface area contributed by atoms with Crippen molar-refractivity contribution in [3.8, 4) is 18.1 Å². The van der Waals surface area contributed by atoms with Crippen LogP contribution in [0.15, 0.2) is 42.5 Å². The molecule has 0 aromatic heterocycles. The number of nitro groups is 1. The van der Waals surface area contributed by atoms with Gasteiger partial charge < -0.3 is 9.64 Å². The van der Waals surface area contributed by atoms with Crippen LogP contribution in [-0.4, -0.2) is 23.6 Å². The summed E-state index contributed by atoms with van der Waals surface area (Å²) in [6, 6.07) is 12.5. The lowest BCUT2D eigenvalue weighted by Gasteiger charge is -2.39. The van der Waals surface area contributed by atoms with E-state index in [4.69, 9.17) is 22.8 Å². The number of anilines is 1. The fraction of sp³-hybridized carbons (Fsp3) is 0.300. The normalized spacial score (nSPS) is 16.0. The van der Waals surface area contributed by atoms with Gasteiger partial charge in [0.2, 0.25) is 0 Å². The van der Waals surface area contributed by atoms with Crippen LogP contribution in [-0.2, 0) is 0 Å². The zero-order valence-corrected chi connectivity index (χ0v) is 15.2. The number of nitro benzene ring substituents is 1. The Morgan fingerprint density at radius 1 is 1.27 bits per heavy atom.